The van der Waals surface area contributed by atoms with Crippen molar-refractivity contribution >= 4 is 23.5 Å². The summed E-state index contributed by atoms with van der Waals surface area (Å²) in [4.78, 5) is 23.1. The van der Waals surface area contributed by atoms with Gasteiger partial charge in [0.2, 0.25) is 5.91 Å². The van der Waals surface area contributed by atoms with E-state index in [4.69, 9.17) is 0 Å². The molecule has 124 valence electrons. The molecule has 0 atom stereocenters. The monoisotopic (exact) mass is 333 g/mol. The van der Waals surface area contributed by atoms with Crippen molar-refractivity contribution in [2.45, 2.75) is 13.1 Å². The van der Waals surface area contributed by atoms with Gasteiger partial charge in [0, 0.05) is 18.2 Å². The molecule has 3 nitrogen and oxygen atoms in total. The number of anilines is 1. The molecule has 0 radical (unpaired) electrons. The molecule has 0 aliphatic heterocycles. The van der Waals surface area contributed by atoms with Crippen molar-refractivity contribution in [3.8, 4) is 0 Å². The van der Waals surface area contributed by atoms with E-state index in [2.05, 4.69) is 5.32 Å². The number of benzene rings is 2. The van der Waals surface area contributed by atoms with Gasteiger partial charge < -0.3 is 5.32 Å². The van der Waals surface area contributed by atoms with Crippen LogP contribution in [-0.4, -0.2) is 11.7 Å². The molecule has 0 aliphatic carbocycles. The van der Waals surface area contributed by atoms with Crippen molar-refractivity contribution < 1.29 is 22.8 Å². The van der Waals surface area contributed by atoms with E-state index < -0.39 is 11.7 Å². The van der Waals surface area contributed by atoms with E-state index in [0.717, 1.165) is 12.1 Å². The zero-order valence-electron chi connectivity index (χ0n) is 12.7. The molecule has 0 aromatic heterocycles. The molecule has 6 heteroatoms. The van der Waals surface area contributed by atoms with Gasteiger partial charge in [-0.05, 0) is 35.9 Å². The summed E-state index contributed by atoms with van der Waals surface area (Å²) < 4.78 is 38.0. The molecule has 2 rings (SSSR count). The summed E-state index contributed by atoms with van der Waals surface area (Å²) in [5.74, 6) is -0.640. The van der Waals surface area contributed by atoms with Gasteiger partial charge >= 0.3 is 6.18 Å². The number of hydrogen-bond donors (Lipinski definition) is 1. The molecular weight excluding hydrogens is 319 g/mol. The number of halogens is 3. The van der Waals surface area contributed by atoms with Gasteiger partial charge in [-0.1, -0.05) is 30.3 Å². The highest BCUT2D eigenvalue weighted by molar-refractivity contribution is 6.07. The van der Waals surface area contributed by atoms with Crippen LogP contribution in [0.2, 0.25) is 0 Å². The SMILES string of the molecule is CC(=O)Nc1cccc(C(=O)C=Cc2cccc(C(F)(F)F)c2)c1. The van der Waals surface area contributed by atoms with E-state index in [0.29, 0.717) is 11.3 Å². The average molecular weight is 333 g/mol. The number of allylic oxidation sites excluding steroid dienone is 1. The van der Waals surface area contributed by atoms with E-state index >= 15 is 0 Å². The summed E-state index contributed by atoms with van der Waals surface area (Å²) in [6, 6.07) is 11.0. The van der Waals surface area contributed by atoms with Crippen molar-refractivity contribution in [1.29, 1.82) is 0 Å². The van der Waals surface area contributed by atoms with Gasteiger partial charge in [0.05, 0.1) is 5.56 Å². The van der Waals surface area contributed by atoms with Gasteiger partial charge in [-0.2, -0.15) is 13.2 Å². The summed E-state index contributed by atoms with van der Waals surface area (Å²) >= 11 is 0. The van der Waals surface area contributed by atoms with Crippen molar-refractivity contribution in [1.82, 2.24) is 0 Å². The van der Waals surface area contributed by atoms with Gasteiger partial charge in [-0.3, -0.25) is 9.59 Å². The largest absolute Gasteiger partial charge is 0.416 e. The minimum absolute atomic E-state index is 0.265. The van der Waals surface area contributed by atoms with Gasteiger partial charge in [0.25, 0.3) is 0 Å². The lowest BCUT2D eigenvalue weighted by Crippen LogP contribution is -2.06. The first-order chi connectivity index (χ1) is 11.3. The van der Waals surface area contributed by atoms with Crippen LogP contribution in [0.1, 0.15) is 28.4 Å². The van der Waals surface area contributed by atoms with Crippen molar-refractivity contribution in [3.63, 3.8) is 0 Å². The number of rotatable bonds is 4. The van der Waals surface area contributed by atoms with Crippen molar-refractivity contribution in [2.75, 3.05) is 5.32 Å². The lowest BCUT2D eigenvalue weighted by Gasteiger charge is -2.06. The van der Waals surface area contributed by atoms with E-state index in [1.165, 1.54) is 37.3 Å². The maximum Gasteiger partial charge on any atom is 0.416 e. The Labute approximate surface area is 136 Å². The topological polar surface area (TPSA) is 46.2 Å². The summed E-state index contributed by atoms with van der Waals surface area (Å²) in [6.45, 7) is 1.35. The number of nitrogens with one attached hydrogen (secondary N) is 1. The number of hydrogen-bond acceptors (Lipinski definition) is 2. The molecular formula is C18H14F3NO2. The highest BCUT2D eigenvalue weighted by atomic mass is 19.4. The second-order valence-corrected chi connectivity index (χ2v) is 5.08. The predicted molar refractivity (Wildman–Crippen MR) is 85.6 cm³/mol. The Bertz CT molecular complexity index is 795. The lowest BCUT2D eigenvalue weighted by atomic mass is 10.1. The highest BCUT2D eigenvalue weighted by Crippen LogP contribution is 2.29. The minimum atomic E-state index is -4.43. The third kappa shape index (κ3) is 4.81. The van der Waals surface area contributed by atoms with Crippen molar-refractivity contribution in [3.05, 3.63) is 71.3 Å². The van der Waals surface area contributed by atoms with Crippen LogP contribution in [0.15, 0.2) is 54.6 Å². The number of ketones is 1. The summed E-state index contributed by atoms with van der Waals surface area (Å²) in [5, 5.41) is 2.56. The van der Waals surface area contributed by atoms with E-state index in [9.17, 15) is 22.8 Å². The molecule has 1 amide bonds. The van der Waals surface area contributed by atoms with Crippen molar-refractivity contribution in [2.24, 2.45) is 0 Å². The Morgan fingerprint density at radius 2 is 1.75 bits per heavy atom. The zero-order chi connectivity index (χ0) is 17.7. The van der Waals surface area contributed by atoms with Crippen LogP contribution >= 0.6 is 0 Å². The Kier molecular flexibility index (Phi) is 5.18. The molecule has 0 bridgehead atoms. The van der Waals surface area contributed by atoms with Crippen LogP contribution in [0.25, 0.3) is 6.08 Å². The summed E-state index contributed by atoms with van der Waals surface area (Å²) in [5.41, 5.74) is 0.297. The highest BCUT2D eigenvalue weighted by Gasteiger charge is 2.30. The molecule has 0 spiro atoms. The Morgan fingerprint density at radius 1 is 1.04 bits per heavy atom. The summed E-state index contributed by atoms with van der Waals surface area (Å²) in [6.07, 6.45) is -1.91. The molecule has 0 aliphatic rings. The molecule has 24 heavy (non-hydrogen) atoms. The second-order valence-electron chi connectivity index (χ2n) is 5.08. The number of amides is 1. The molecule has 0 fully saturated rings. The standard InChI is InChI=1S/C18H14F3NO2/c1-12(23)22-16-7-3-5-14(11-16)17(24)9-8-13-4-2-6-15(10-13)18(19,20)21/h2-11H,1H3,(H,22,23). The first kappa shape index (κ1) is 17.5. The second kappa shape index (κ2) is 7.12. The van der Waals surface area contributed by atoms with E-state index in [-0.39, 0.29) is 17.3 Å². The molecule has 1 N–H and O–H groups in total. The third-order valence-corrected chi connectivity index (χ3v) is 3.11. The third-order valence-electron chi connectivity index (χ3n) is 3.11. The van der Waals surface area contributed by atoms with Crippen LogP contribution in [0, 0.1) is 0 Å². The Hall–Kier alpha value is -2.89. The van der Waals surface area contributed by atoms with Crippen LogP contribution in [0.4, 0.5) is 18.9 Å². The number of alkyl halides is 3. The number of carbonyl (C=O) groups is 2. The fourth-order valence-electron chi connectivity index (χ4n) is 2.04. The predicted octanol–water partition coefficient (Wildman–Crippen LogP) is 4.56. The first-order valence-electron chi connectivity index (χ1n) is 7.03. The molecule has 0 unspecified atom stereocenters. The van der Waals surface area contributed by atoms with Gasteiger partial charge in [0.1, 0.15) is 0 Å². The fourth-order valence-corrected chi connectivity index (χ4v) is 2.04. The Balaban J connectivity index is 2.17. The molecule has 2 aromatic rings. The zero-order valence-corrected chi connectivity index (χ0v) is 12.7. The normalized spacial score (nSPS) is 11.5. The smallest absolute Gasteiger partial charge is 0.326 e. The quantitative estimate of drug-likeness (QED) is 0.658. The van der Waals surface area contributed by atoms with E-state index in [1.54, 1.807) is 18.2 Å². The van der Waals surface area contributed by atoms with Gasteiger partial charge in [-0.25, -0.2) is 0 Å². The van der Waals surface area contributed by atoms with Gasteiger partial charge in [-0.15, -0.1) is 0 Å². The fraction of sp³-hybridized carbons (Fsp3) is 0.111. The molecule has 0 heterocycles. The first-order valence-corrected chi connectivity index (χ1v) is 7.03. The Morgan fingerprint density at radius 3 is 2.42 bits per heavy atom. The van der Waals surface area contributed by atoms with Crippen LogP contribution in [0.3, 0.4) is 0 Å². The average Bonchev–Trinajstić information content (AvgIpc) is 2.51. The molecule has 0 saturated heterocycles. The van der Waals surface area contributed by atoms with Crippen LogP contribution < -0.4 is 5.32 Å². The van der Waals surface area contributed by atoms with Crippen LogP contribution in [-0.2, 0) is 11.0 Å². The van der Waals surface area contributed by atoms with Gasteiger partial charge in [0.15, 0.2) is 5.78 Å². The minimum Gasteiger partial charge on any atom is -0.326 e. The van der Waals surface area contributed by atoms with E-state index in [1.807, 2.05) is 0 Å². The molecule has 2 aromatic carbocycles. The van der Waals surface area contributed by atoms with Crippen LogP contribution in [0.5, 0.6) is 0 Å². The maximum atomic E-state index is 12.7. The maximum absolute atomic E-state index is 12.7. The lowest BCUT2D eigenvalue weighted by molar-refractivity contribution is -0.137. The summed E-state index contributed by atoms with van der Waals surface area (Å²) in [7, 11) is 0. The number of carbonyl (C=O) groups excluding carboxylic acids is 2. The molecule has 0 saturated carbocycles.